The van der Waals surface area contributed by atoms with E-state index in [1.165, 1.54) is 11.3 Å². The van der Waals surface area contributed by atoms with Gasteiger partial charge in [-0.25, -0.2) is 0 Å². The molecular formula is C17H22BrIN4S. The van der Waals surface area contributed by atoms with Gasteiger partial charge in [-0.3, -0.25) is 4.99 Å². The lowest BCUT2D eigenvalue weighted by atomic mass is 10.2. The van der Waals surface area contributed by atoms with Crippen LogP contribution in [-0.2, 0) is 6.54 Å². The number of rotatable bonds is 4. The van der Waals surface area contributed by atoms with Crippen molar-refractivity contribution >= 4 is 62.9 Å². The highest BCUT2D eigenvalue weighted by molar-refractivity contribution is 14.0. The molecule has 1 aliphatic rings. The standard InChI is InChI=1S/C17H21BrN4S.HI/c1-19-17(20-10-13-7-9-23-12-13)21-14-6-8-22(11-14)16-5-3-2-4-15(16)18;/h2-5,7,9,12,14H,6,8,10-11H2,1H3,(H2,19,20,21);1H. The minimum absolute atomic E-state index is 0. The number of halogens is 2. The van der Waals surface area contributed by atoms with Gasteiger partial charge in [0, 0.05) is 37.2 Å². The van der Waals surface area contributed by atoms with Crippen molar-refractivity contribution in [2.45, 2.75) is 19.0 Å². The maximum absolute atomic E-state index is 4.34. The van der Waals surface area contributed by atoms with E-state index in [-0.39, 0.29) is 24.0 Å². The third-order valence-corrected chi connectivity index (χ3v) is 5.39. The average Bonchev–Trinajstić information content (AvgIpc) is 3.23. The fourth-order valence-corrected chi connectivity index (χ4v) is 3.98. The smallest absolute Gasteiger partial charge is 0.191 e. The molecule has 1 aromatic heterocycles. The second-order valence-electron chi connectivity index (χ2n) is 5.58. The van der Waals surface area contributed by atoms with E-state index < -0.39 is 0 Å². The Morgan fingerprint density at radius 1 is 1.38 bits per heavy atom. The molecule has 0 bridgehead atoms. The summed E-state index contributed by atoms with van der Waals surface area (Å²) >= 11 is 5.36. The Balaban J connectivity index is 0.00000208. The molecule has 1 unspecified atom stereocenters. The molecule has 7 heteroatoms. The number of nitrogens with zero attached hydrogens (tertiary/aromatic N) is 2. The molecule has 1 atom stereocenters. The predicted molar refractivity (Wildman–Crippen MR) is 118 cm³/mol. The Morgan fingerprint density at radius 2 is 2.21 bits per heavy atom. The van der Waals surface area contributed by atoms with Gasteiger partial charge in [0.2, 0.25) is 0 Å². The van der Waals surface area contributed by atoms with Gasteiger partial charge in [-0.2, -0.15) is 11.3 Å². The zero-order valence-corrected chi connectivity index (χ0v) is 18.3. The van der Waals surface area contributed by atoms with Crippen molar-refractivity contribution < 1.29 is 0 Å². The molecule has 4 nitrogen and oxygen atoms in total. The van der Waals surface area contributed by atoms with Crippen LogP contribution in [0.2, 0.25) is 0 Å². The molecule has 0 radical (unpaired) electrons. The lowest BCUT2D eigenvalue weighted by molar-refractivity contribution is 0.648. The number of hydrogen-bond acceptors (Lipinski definition) is 3. The highest BCUT2D eigenvalue weighted by Gasteiger charge is 2.24. The fourth-order valence-electron chi connectivity index (χ4n) is 2.77. The van der Waals surface area contributed by atoms with Crippen molar-refractivity contribution in [2.75, 3.05) is 25.0 Å². The molecule has 2 heterocycles. The van der Waals surface area contributed by atoms with E-state index >= 15 is 0 Å². The molecule has 2 N–H and O–H groups in total. The first-order valence-electron chi connectivity index (χ1n) is 7.74. The van der Waals surface area contributed by atoms with Gasteiger partial charge in [0.1, 0.15) is 0 Å². The number of aliphatic imine (C=N–C) groups is 1. The van der Waals surface area contributed by atoms with Gasteiger partial charge in [-0.15, -0.1) is 24.0 Å². The number of anilines is 1. The number of thiophene rings is 1. The summed E-state index contributed by atoms with van der Waals surface area (Å²) < 4.78 is 1.15. The van der Waals surface area contributed by atoms with E-state index in [1.54, 1.807) is 11.3 Å². The zero-order valence-electron chi connectivity index (χ0n) is 13.5. The molecule has 24 heavy (non-hydrogen) atoms. The summed E-state index contributed by atoms with van der Waals surface area (Å²) in [6, 6.07) is 10.9. The molecule has 0 amide bonds. The number of guanidine groups is 1. The highest BCUT2D eigenvalue weighted by Crippen LogP contribution is 2.28. The van der Waals surface area contributed by atoms with Crippen LogP contribution >= 0.6 is 51.2 Å². The highest BCUT2D eigenvalue weighted by atomic mass is 127. The summed E-state index contributed by atoms with van der Waals surface area (Å²) in [7, 11) is 1.82. The Kier molecular flexibility index (Phi) is 7.83. The summed E-state index contributed by atoms with van der Waals surface area (Å²) in [6.45, 7) is 2.85. The summed E-state index contributed by atoms with van der Waals surface area (Å²) in [5.41, 5.74) is 2.55. The molecule has 3 rings (SSSR count). The van der Waals surface area contributed by atoms with Crippen molar-refractivity contribution in [1.29, 1.82) is 0 Å². The maximum Gasteiger partial charge on any atom is 0.191 e. The van der Waals surface area contributed by atoms with Crippen molar-refractivity contribution in [3.8, 4) is 0 Å². The van der Waals surface area contributed by atoms with Crippen LogP contribution in [0, 0.1) is 0 Å². The number of nitrogens with one attached hydrogen (secondary N) is 2. The van der Waals surface area contributed by atoms with E-state index in [0.717, 1.165) is 36.5 Å². The van der Waals surface area contributed by atoms with Crippen LogP contribution in [-0.4, -0.2) is 32.1 Å². The van der Waals surface area contributed by atoms with Crippen LogP contribution in [0.25, 0.3) is 0 Å². The first-order chi connectivity index (χ1) is 11.3. The summed E-state index contributed by atoms with van der Waals surface area (Å²) in [5.74, 6) is 0.871. The van der Waals surface area contributed by atoms with Crippen molar-refractivity contribution in [3.05, 3.63) is 51.1 Å². The van der Waals surface area contributed by atoms with Crippen LogP contribution in [0.5, 0.6) is 0 Å². The second-order valence-corrected chi connectivity index (χ2v) is 7.22. The molecule has 2 aromatic rings. The third kappa shape index (κ3) is 5.10. The van der Waals surface area contributed by atoms with E-state index in [9.17, 15) is 0 Å². The first-order valence-corrected chi connectivity index (χ1v) is 9.47. The molecule has 130 valence electrons. The van der Waals surface area contributed by atoms with Crippen molar-refractivity contribution in [3.63, 3.8) is 0 Å². The molecule has 0 spiro atoms. The summed E-state index contributed by atoms with van der Waals surface area (Å²) in [6.07, 6.45) is 1.11. The van der Waals surface area contributed by atoms with Gasteiger partial charge in [-0.1, -0.05) is 12.1 Å². The molecule has 1 aromatic carbocycles. The molecule has 0 aliphatic carbocycles. The van der Waals surface area contributed by atoms with Crippen LogP contribution in [0.3, 0.4) is 0 Å². The first kappa shape index (κ1) is 19.5. The monoisotopic (exact) mass is 520 g/mol. The largest absolute Gasteiger partial charge is 0.368 e. The second kappa shape index (κ2) is 9.62. The topological polar surface area (TPSA) is 39.7 Å². The van der Waals surface area contributed by atoms with E-state index in [1.807, 2.05) is 7.05 Å². The van der Waals surface area contributed by atoms with Crippen LogP contribution in [0.4, 0.5) is 5.69 Å². The Hall–Kier alpha value is -0.800. The molecule has 1 fully saturated rings. The lowest BCUT2D eigenvalue weighted by Gasteiger charge is -2.21. The van der Waals surface area contributed by atoms with Gasteiger partial charge in [0.25, 0.3) is 0 Å². The molecule has 1 aliphatic heterocycles. The summed E-state index contributed by atoms with van der Waals surface area (Å²) in [4.78, 5) is 6.75. The zero-order chi connectivity index (χ0) is 16.1. The quantitative estimate of drug-likeness (QED) is 0.362. The van der Waals surface area contributed by atoms with Gasteiger partial charge < -0.3 is 15.5 Å². The maximum atomic E-state index is 4.34. The van der Waals surface area contributed by atoms with Crippen molar-refractivity contribution in [1.82, 2.24) is 10.6 Å². The Morgan fingerprint density at radius 3 is 2.92 bits per heavy atom. The average molecular weight is 521 g/mol. The number of hydrogen-bond donors (Lipinski definition) is 2. The molecule has 0 saturated carbocycles. The minimum Gasteiger partial charge on any atom is -0.368 e. The Bertz CT molecular complexity index is 662. The van der Waals surface area contributed by atoms with Gasteiger partial charge in [0.05, 0.1) is 5.69 Å². The van der Waals surface area contributed by atoms with Crippen LogP contribution < -0.4 is 15.5 Å². The van der Waals surface area contributed by atoms with Gasteiger partial charge >= 0.3 is 0 Å². The SMILES string of the molecule is CN=C(NCc1ccsc1)NC1CCN(c2ccccc2Br)C1.I. The third-order valence-electron chi connectivity index (χ3n) is 3.99. The fraction of sp³-hybridized carbons (Fsp3) is 0.353. The number of benzene rings is 1. The van der Waals surface area contributed by atoms with Crippen LogP contribution in [0.15, 0.2) is 50.6 Å². The van der Waals surface area contributed by atoms with Gasteiger partial charge in [0.15, 0.2) is 5.96 Å². The molecular weight excluding hydrogens is 499 g/mol. The van der Waals surface area contributed by atoms with Crippen molar-refractivity contribution in [2.24, 2.45) is 4.99 Å². The predicted octanol–water partition coefficient (Wildman–Crippen LogP) is 4.07. The van der Waals surface area contributed by atoms with E-state index in [2.05, 4.69) is 77.5 Å². The Labute approximate surface area is 172 Å². The normalized spacial score (nSPS) is 17.5. The van der Waals surface area contributed by atoms with E-state index in [0.29, 0.717) is 6.04 Å². The molecule has 1 saturated heterocycles. The minimum atomic E-state index is 0. The summed E-state index contributed by atoms with van der Waals surface area (Å²) in [5, 5.41) is 11.2. The van der Waals surface area contributed by atoms with Gasteiger partial charge in [-0.05, 0) is 56.9 Å². The lowest BCUT2D eigenvalue weighted by Crippen LogP contribution is -2.44. The number of para-hydroxylation sites is 1. The van der Waals surface area contributed by atoms with Crippen LogP contribution in [0.1, 0.15) is 12.0 Å². The van der Waals surface area contributed by atoms with E-state index in [4.69, 9.17) is 0 Å².